The molecule has 0 aliphatic heterocycles. The number of aromatic nitrogens is 1. The topological polar surface area (TPSA) is 12.9 Å². The van der Waals surface area contributed by atoms with Crippen LogP contribution >= 0.6 is 0 Å². The molecule has 1 radical (unpaired) electrons. The molecule has 1 nitrogen and oxygen atoms in total. The zero-order valence-electron chi connectivity index (χ0n) is 6.41. The fourth-order valence-corrected chi connectivity index (χ4v) is 1.20. The fourth-order valence-electron chi connectivity index (χ4n) is 1.20. The Morgan fingerprint density at radius 3 is 2.83 bits per heavy atom. The van der Waals surface area contributed by atoms with Gasteiger partial charge in [0.2, 0.25) is 0 Å². The quantitative estimate of drug-likeness (QED) is 0.527. The Morgan fingerprint density at radius 2 is 2.00 bits per heavy atom. The van der Waals surface area contributed by atoms with E-state index >= 15 is 0 Å². The van der Waals surface area contributed by atoms with Crippen molar-refractivity contribution in [2.24, 2.45) is 0 Å². The summed E-state index contributed by atoms with van der Waals surface area (Å²) in [6.07, 6.45) is 8.74. The highest BCUT2D eigenvalue weighted by atomic mass is 14.6. The van der Waals surface area contributed by atoms with Crippen LogP contribution in [-0.2, 0) is 0 Å². The molecule has 0 fully saturated rings. The van der Waals surface area contributed by atoms with Gasteiger partial charge in [0.05, 0.1) is 5.52 Å². The Hall–Kier alpha value is -1.81. The summed E-state index contributed by atoms with van der Waals surface area (Å²) in [5, 5.41) is 0.981. The average molecular weight is 152 g/mol. The van der Waals surface area contributed by atoms with Gasteiger partial charge in [-0.15, -0.1) is 0 Å². The molecule has 0 unspecified atom stereocenters. The summed E-state index contributed by atoms with van der Waals surface area (Å²) in [4.78, 5) is 4.17. The van der Waals surface area contributed by atoms with Gasteiger partial charge in [0.15, 0.2) is 0 Å². The van der Waals surface area contributed by atoms with Gasteiger partial charge in [0, 0.05) is 17.1 Å². The van der Waals surface area contributed by atoms with Crippen LogP contribution in [0.25, 0.3) is 10.9 Å². The minimum atomic E-state index is 0.792. The molecule has 0 bridgehead atoms. The monoisotopic (exact) mass is 152 g/mol. The second-order valence-corrected chi connectivity index (χ2v) is 2.50. The molecular formula is C11H6N. The number of hydrogen-bond donors (Lipinski definition) is 0. The molecule has 0 saturated heterocycles. The Balaban J connectivity index is 2.91. The molecular weight excluding hydrogens is 146 g/mol. The van der Waals surface area contributed by atoms with E-state index in [9.17, 15) is 0 Å². The summed E-state index contributed by atoms with van der Waals surface area (Å²) < 4.78 is 0. The molecule has 1 heteroatoms. The first-order chi connectivity index (χ1) is 5.92. The summed E-state index contributed by atoms with van der Waals surface area (Å²) in [5.74, 6) is 2.38. The normalized spacial score (nSPS) is 9.58. The number of rotatable bonds is 0. The Kier molecular flexibility index (Phi) is 1.53. The van der Waals surface area contributed by atoms with Gasteiger partial charge in [0.1, 0.15) is 0 Å². The van der Waals surface area contributed by atoms with Crippen LogP contribution < -0.4 is 0 Å². The summed E-state index contributed by atoms with van der Waals surface area (Å²) >= 11 is 0. The average Bonchev–Trinajstić information content (AvgIpc) is 2.17. The van der Waals surface area contributed by atoms with Gasteiger partial charge in [0.25, 0.3) is 0 Å². The smallest absolute Gasteiger partial charge is 0.0714 e. The van der Waals surface area contributed by atoms with Gasteiger partial charge >= 0.3 is 0 Å². The predicted octanol–water partition coefficient (Wildman–Crippen LogP) is 2.17. The molecule has 0 atom stereocenters. The molecule has 1 aromatic heterocycles. The highest BCUT2D eigenvalue weighted by molar-refractivity contribution is 5.84. The standard InChI is InChI=1S/C11H6N/c1-2-9-7-8-12-11-6-4-3-5-10(9)11/h3-8H. The molecule has 0 amide bonds. The summed E-state index contributed by atoms with van der Waals surface area (Å²) in [5.41, 5.74) is 1.70. The molecule has 0 aliphatic carbocycles. The van der Waals surface area contributed by atoms with Crippen molar-refractivity contribution in [3.63, 3.8) is 0 Å². The Bertz CT molecular complexity index is 447. The van der Waals surface area contributed by atoms with E-state index in [0.29, 0.717) is 0 Å². The van der Waals surface area contributed by atoms with Crippen molar-refractivity contribution in [1.82, 2.24) is 4.98 Å². The van der Waals surface area contributed by atoms with Crippen LogP contribution in [-0.4, -0.2) is 4.98 Å². The van der Waals surface area contributed by atoms with Gasteiger partial charge in [-0.25, -0.2) is 0 Å². The van der Waals surface area contributed by atoms with Crippen LogP contribution in [0.5, 0.6) is 0 Å². The zero-order chi connectivity index (χ0) is 8.39. The second kappa shape index (κ2) is 2.67. The first kappa shape index (κ1) is 6.87. The van der Waals surface area contributed by atoms with Crippen molar-refractivity contribution in [2.45, 2.75) is 0 Å². The van der Waals surface area contributed by atoms with Crippen molar-refractivity contribution in [2.75, 3.05) is 0 Å². The van der Waals surface area contributed by atoms with E-state index in [4.69, 9.17) is 6.42 Å². The van der Waals surface area contributed by atoms with E-state index in [1.54, 1.807) is 12.3 Å². The van der Waals surface area contributed by atoms with Crippen LogP contribution in [0.2, 0.25) is 0 Å². The van der Waals surface area contributed by atoms with E-state index in [1.165, 1.54) is 0 Å². The maximum atomic E-state index is 7.05. The highest BCUT2D eigenvalue weighted by Gasteiger charge is 1.96. The highest BCUT2D eigenvalue weighted by Crippen LogP contribution is 2.14. The largest absolute Gasteiger partial charge is 0.256 e. The number of hydrogen-bond acceptors (Lipinski definition) is 1. The van der Waals surface area contributed by atoms with Crippen molar-refractivity contribution in [3.8, 4) is 5.92 Å². The lowest BCUT2D eigenvalue weighted by atomic mass is 10.1. The van der Waals surface area contributed by atoms with E-state index < -0.39 is 0 Å². The molecule has 0 N–H and O–H groups in total. The zero-order valence-corrected chi connectivity index (χ0v) is 6.41. The van der Waals surface area contributed by atoms with Gasteiger partial charge in [-0.3, -0.25) is 4.98 Å². The minimum Gasteiger partial charge on any atom is -0.256 e. The van der Waals surface area contributed by atoms with E-state index in [1.807, 2.05) is 24.3 Å². The molecule has 12 heavy (non-hydrogen) atoms. The number of para-hydroxylation sites is 1. The van der Waals surface area contributed by atoms with E-state index in [2.05, 4.69) is 10.9 Å². The predicted molar refractivity (Wildman–Crippen MR) is 48.0 cm³/mol. The first-order valence-electron chi connectivity index (χ1n) is 3.68. The maximum Gasteiger partial charge on any atom is 0.0714 e. The second-order valence-electron chi connectivity index (χ2n) is 2.50. The fraction of sp³-hybridized carbons (Fsp3) is 0. The van der Waals surface area contributed by atoms with Crippen LogP contribution in [0.3, 0.4) is 0 Å². The molecule has 0 spiro atoms. The van der Waals surface area contributed by atoms with Crippen molar-refractivity contribution in [3.05, 3.63) is 48.5 Å². The van der Waals surface area contributed by atoms with E-state index in [-0.39, 0.29) is 0 Å². The van der Waals surface area contributed by atoms with E-state index in [0.717, 1.165) is 16.5 Å². The maximum absolute atomic E-state index is 7.05. The Morgan fingerprint density at radius 1 is 1.17 bits per heavy atom. The molecule has 2 rings (SSSR count). The SMILES string of the molecule is [C]#Cc1ccnc2ccccc12. The number of fused-ring (bicyclic) bond motifs is 1. The number of benzene rings is 1. The third-order valence-corrected chi connectivity index (χ3v) is 1.78. The van der Waals surface area contributed by atoms with Crippen molar-refractivity contribution < 1.29 is 0 Å². The third-order valence-electron chi connectivity index (χ3n) is 1.78. The molecule has 0 saturated carbocycles. The summed E-state index contributed by atoms with van der Waals surface area (Å²) in [6.45, 7) is 0. The molecule has 1 heterocycles. The lowest BCUT2D eigenvalue weighted by Crippen LogP contribution is -1.81. The Labute approximate surface area is 71.1 Å². The summed E-state index contributed by atoms with van der Waals surface area (Å²) in [7, 11) is 0. The first-order valence-corrected chi connectivity index (χ1v) is 3.68. The number of pyridine rings is 1. The molecule has 55 valence electrons. The lowest BCUT2D eigenvalue weighted by molar-refractivity contribution is 1.40. The molecule has 1 aromatic carbocycles. The van der Waals surface area contributed by atoms with Gasteiger partial charge < -0.3 is 0 Å². The van der Waals surface area contributed by atoms with Gasteiger partial charge in [-0.1, -0.05) is 24.1 Å². The van der Waals surface area contributed by atoms with Crippen LogP contribution in [0, 0.1) is 12.3 Å². The molecule has 0 aliphatic rings. The van der Waals surface area contributed by atoms with Crippen LogP contribution in [0.4, 0.5) is 0 Å². The minimum absolute atomic E-state index is 0.792. The molecule has 2 aromatic rings. The van der Waals surface area contributed by atoms with Gasteiger partial charge in [-0.05, 0) is 18.6 Å². The number of nitrogens with zero attached hydrogens (tertiary/aromatic N) is 1. The van der Waals surface area contributed by atoms with Crippen molar-refractivity contribution in [1.29, 1.82) is 0 Å². The van der Waals surface area contributed by atoms with Gasteiger partial charge in [-0.2, -0.15) is 0 Å². The lowest BCUT2D eigenvalue weighted by Gasteiger charge is -1.97. The summed E-state index contributed by atoms with van der Waals surface area (Å²) in [6, 6.07) is 9.53. The van der Waals surface area contributed by atoms with Crippen molar-refractivity contribution >= 4 is 10.9 Å². The van der Waals surface area contributed by atoms with Crippen LogP contribution in [0.15, 0.2) is 36.5 Å². The third kappa shape index (κ3) is 0.943. The van der Waals surface area contributed by atoms with Crippen LogP contribution in [0.1, 0.15) is 5.56 Å².